The number of amides is 1. The van der Waals surface area contributed by atoms with Gasteiger partial charge in [-0.1, -0.05) is 17.8 Å². The van der Waals surface area contributed by atoms with Crippen molar-refractivity contribution in [3.05, 3.63) is 48.3 Å². The van der Waals surface area contributed by atoms with Crippen LogP contribution in [0.2, 0.25) is 0 Å². The van der Waals surface area contributed by atoms with Gasteiger partial charge in [-0.3, -0.25) is 14.3 Å². The molecule has 1 saturated carbocycles. The van der Waals surface area contributed by atoms with Gasteiger partial charge in [0.15, 0.2) is 22.5 Å². The minimum Gasteiger partial charge on any atom is -0.486 e. The molecule has 3 aromatic rings. The smallest absolute Gasteiger partial charge is 0.233 e. The van der Waals surface area contributed by atoms with Gasteiger partial charge < -0.3 is 14.4 Å². The molecular weight excluding hydrogens is 438 g/mol. The van der Waals surface area contributed by atoms with E-state index in [1.807, 2.05) is 35.4 Å². The van der Waals surface area contributed by atoms with Gasteiger partial charge in [0.05, 0.1) is 11.8 Å². The molecule has 8 nitrogen and oxygen atoms in total. The Labute approximate surface area is 196 Å². The lowest BCUT2D eigenvalue weighted by Crippen LogP contribution is -2.32. The molecule has 9 heteroatoms. The van der Waals surface area contributed by atoms with Gasteiger partial charge in [0.1, 0.15) is 13.2 Å². The normalized spacial score (nSPS) is 19.6. The fourth-order valence-corrected chi connectivity index (χ4v) is 5.51. The standard InChI is InChI=1S/C24H25N5O3S/c30-22(28-10-2-4-19(28)16-5-8-20-21(13-16)32-12-11-31-20)15-33-24-27-26-23(29(24)18-6-7-18)17-3-1-9-25-14-17/h1,3,5,8-9,13-14,18-19H,2,4,6-7,10-12,15H2. The van der Waals surface area contributed by atoms with Crippen molar-refractivity contribution in [1.29, 1.82) is 0 Å². The summed E-state index contributed by atoms with van der Waals surface area (Å²) in [5, 5.41) is 9.66. The number of carbonyl (C=O) groups excluding carboxylic acids is 1. The van der Waals surface area contributed by atoms with E-state index < -0.39 is 0 Å². The number of nitrogens with zero attached hydrogens (tertiary/aromatic N) is 5. The van der Waals surface area contributed by atoms with Crippen LogP contribution in [0.15, 0.2) is 47.9 Å². The number of aromatic nitrogens is 4. The maximum atomic E-state index is 13.2. The number of likely N-dealkylation sites (tertiary alicyclic amines) is 1. The van der Waals surface area contributed by atoms with Gasteiger partial charge in [0, 0.05) is 30.5 Å². The molecule has 4 heterocycles. The number of rotatable bonds is 6. The van der Waals surface area contributed by atoms with E-state index in [1.54, 1.807) is 6.20 Å². The number of thioether (sulfide) groups is 1. The number of ether oxygens (including phenoxy) is 2. The first-order valence-electron chi connectivity index (χ1n) is 11.4. The van der Waals surface area contributed by atoms with Crippen molar-refractivity contribution in [3.63, 3.8) is 0 Å². The minimum absolute atomic E-state index is 0.0705. The second kappa shape index (κ2) is 8.70. The molecule has 1 aromatic carbocycles. The summed E-state index contributed by atoms with van der Waals surface area (Å²) in [6, 6.07) is 10.4. The predicted octanol–water partition coefficient (Wildman–Crippen LogP) is 3.90. The second-order valence-corrected chi connectivity index (χ2v) is 9.53. The van der Waals surface area contributed by atoms with Crippen molar-refractivity contribution < 1.29 is 14.3 Å². The molecule has 170 valence electrons. The lowest BCUT2D eigenvalue weighted by atomic mass is 10.0. The highest BCUT2D eigenvalue weighted by molar-refractivity contribution is 7.99. The van der Waals surface area contributed by atoms with E-state index in [0.29, 0.717) is 25.0 Å². The summed E-state index contributed by atoms with van der Waals surface area (Å²) in [6.07, 6.45) is 7.75. The van der Waals surface area contributed by atoms with Crippen molar-refractivity contribution in [1.82, 2.24) is 24.6 Å². The van der Waals surface area contributed by atoms with Gasteiger partial charge in [0.25, 0.3) is 0 Å². The van der Waals surface area contributed by atoms with Crippen molar-refractivity contribution >= 4 is 17.7 Å². The molecule has 2 aliphatic heterocycles. The zero-order valence-corrected chi connectivity index (χ0v) is 19.0. The molecule has 1 aliphatic carbocycles. The molecule has 1 unspecified atom stereocenters. The van der Waals surface area contributed by atoms with Crippen LogP contribution in [-0.4, -0.2) is 56.1 Å². The van der Waals surface area contributed by atoms with Crippen molar-refractivity contribution in [3.8, 4) is 22.9 Å². The van der Waals surface area contributed by atoms with Crippen LogP contribution in [0.4, 0.5) is 0 Å². The van der Waals surface area contributed by atoms with E-state index in [2.05, 4.69) is 25.8 Å². The number of carbonyl (C=O) groups is 1. The molecule has 2 fully saturated rings. The first-order valence-corrected chi connectivity index (χ1v) is 12.4. The summed E-state index contributed by atoms with van der Waals surface area (Å²) in [5.41, 5.74) is 2.06. The quantitative estimate of drug-likeness (QED) is 0.513. The summed E-state index contributed by atoms with van der Waals surface area (Å²) in [5.74, 6) is 2.86. The molecule has 6 rings (SSSR count). The highest BCUT2D eigenvalue weighted by Crippen LogP contribution is 2.42. The van der Waals surface area contributed by atoms with Gasteiger partial charge in [-0.2, -0.15) is 0 Å². The average Bonchev–Trinajstić information content (AvgIpc) is 3.41. The van der Waals surface area contributed by atoms with Crippen LogP contribution < -0.4 is 9.47 Å². The van der Waals surface area contributed by atoms with Crippen LogP contribution in [0.1, 0.15) is 43.3 Å². The molecule has 33 heavy (non-hydrogen) atoms. The number of pyridine rings is 1. The summed E-state index contributed by atoms with van der Waals surface area (Å²) < 4.78 is 13.6. The molecule has 1 saturated heterocycles. The molecule has 0 N–H and O–H groups in total. The lowest BCUT2D eigenvalue weighted by Gasteiger charge is -2.26. The number of benzene rings is 1. The molecule has 3 aliphatic rings. The van der Waals surface area contributed by atoms with Gasteiger partial charge in [-0.15, -0.1) is 10.2 Å². The summed E-state index contributed by atoms with van der Waals surface area (Å²) in [4.78, 5) is 19.5. The Hall–Kier alpha value is -3.07. The zero-order valence-electron chi connectivity index (χ0n) is 18.2. The van der Waals surface area contributed by atoms with Gasteiger partial charge in [0.2, 0.25) is 5.91 Å². The van der Waals surface area contributed by atoms with E-state index in [9.17, 15) is 4.79 Å². The van der Waals surface area contributed by atoms with E-state index in [4.69, 9.17) is 9.47 Å². The minimum atomic E-state index is 0.0705. The fraction of sp³-hybridized carbons (Fsp3) is 0.417. The Balaban J connectivity index is 1.18. The fourth-order valence-electron chi connectivity index (χ4n) is 4.62. The van der Waals surface area contributed by atoms with Gasteiger partial charge >= 0.3 is 0 Å². The average molecular weight is 464 g/mol. The molecule has 2 aromatic heterocycles. The Bertz CT molecular complexity index is 1160. The Morgan fingerprint density at radius 2 is 1.97 bits per heavy atom. The van der Waals surface area contributed by atoms with Gasteiger partial charge in [-0.25, -0.2) is 0 Å². The second-order valence-electron chi connectivity index (χ2n) is 8.59. The highest BCUT2D eigenvalue weighted by Gasteiger charge is 2.33. The first kappa shape index (κ1) is 20.5. The van der Waals surface area contributed by atoms with Crippen molar-refractivity contribution in [2.24, 2.45) is 0 Å². The maximum Gasteiger partial charge on any atom is 0.233 e. The Morgan fingerprint density at radius 3 is 2.79 bits per heavy atom. The molecular formula is C24H25N5O3S. The number of fused-ring (bicyclic) bond motifs is 1. The highest BCUT2D eigenvalue weighted by atomic mass is 32.2. The number of hydrogen-bond acceptors (Lipinski definition) is 7. The largest absolute Gasteiger partial charge is 0.486 e. The molecule has 1 atom stereocenters. The van der Waals surface area contributed by atoms with Crippen LogP contribution in [0.5, 0.6) is 11.5 Å². The zero-order chi connectivity index (χ0) is 22.2. The van der Waals surface area contributed by atoms with Crippen molar-refractivity contribution in [2.75, 3.05) is 25.5 Å². The SMILES string of the molecule is O=C(CSc1nnc(-c2cccnc2)n1C1CC1)N1CCCC1c1ccc2c(c1)OCCO2. The Morgan fingerprint density at radius 1 is 1.09 bits per heavy atom. The van der Waals surface area contributed by atoms with Gasteiger partial charge in [-0.05, 0) is 55.5 Å². The molecule has 1 amide bonds. The van der Waals surface area contributed by atoms with Crippen LogP contribution in [-0.2, 0) is 4.79 Å². The molecule has 0 radical (unpaired) electrons. The lowest BCUT2D eigenvalue weighted by molar-refractivity contribution is -0.129. The van der Waals surface area contributed by atoms with E-state index in [-0.39, 0.29) is 11.9 Å². The maximum absolute atomic E-state index is 13.2. The van der Waals surface area contributed by atoms with Crippen LogP contribution in [0.25, 0.3) is 11.4 Å². The summed E-state index contributed by atoms with van der Waals surface area (Å²) >= 11 is 1.48. The Kier molecular flexibility index (Phi) is 5.41. The summed E-state index contributed by atoms with van der Waals surface area (Å²) in [7, 11) is 0. The third-order valence-corrected chi connectivity index (χ3v) is 7.27. The molecule has 0 bridgehead atoms. The van der Waals surface area contributed by atoms with Crippen LogP contribution >= 0.6 is 11.8 Å². The molecule has 0 spiro atoms. The van der Waals surface area contributed by atoms with E-state index in [0.717, 1.165) is 65.8 Å². The van der Waals surface area contributed by atoms with E-state index >= 15 is 0 Å². The van der Waals surface area contributed by atoms with Crippen LogP contribution in [0.3, 0.4) is 0 Å². The van der Waals surface area contributed by atoms with E-state index in [1.165, 1.54) is 11.8 Å². The summed E-state index contributed by atoms with van der Waals surface area (Å²) in [6.45, 7) is 1.91. The monoisotopic (exact) mass is 463 g/mol. The third kappa shape index (κ3) is 4.06. The predicted molar refractivity (Wildman–Crippen MR) is 123 cm³/mol. The van der Waals surface area contributed by atoms with Crippen LogP contribution in [0, 0.1) is 0 Å². The van der Waals surface area contributed by atoms with Crippen molar-refractivity contribution in [2.45, 2.75) is 42.9 Å². The topological polar surface area (TPSA) is 82.4 Å². The number of hydrogen-bond donors (Lipinski definition) is 0. The first-order chi connectivity index (χ1) is 16.3. The third-order valence-electron chi connectivity index (χ3n) is 6.35.